The van der Waals surface area contributed by atoms with Crippen LogP contribution in [0.15, 0.2) is 0 Å². The molecule has 1 aliphatic carbocycles. The number of nitrogens with one attached hydrogen (secondary N) is 1. The van der Waals surface area contributed by atoms with Crippen LogP contribution in [0.3, 0.4) is 0 Å². The third-order valence-electron chi connectivity index (χ3n) is 4.40. The van der Waals surface area contributed by atoms with E-state index in [1.165, 1.54) is 63.2 Å². The molecule has 100 valence electrons. The first kappa shape index (κ1) is 13.7. The molecule has 2 aliphatic rings. The lowest BCUT2D eigenvalue weighted by molar-refractivity contribution is 0.0896. The summed E-state index contributed by atoms with van der Waals surface area (Å²) in [6.45, 7) is 8.43. The van der Waals surface area contributed by atoms with Gasteiger partial charge in [-0.05, 0) is 44.2 Å². The minimum atomic E-state index is 0.490. The van der Waals surface area contributed by atoms with E-state index in [4.69, 9.17) is 0 Å². The van der Waals surface area contributed by atoms with Gasteiger partial charge in [-0.25, -0.2) is 0 Å². The predicted octanol–water partition coefficient (Wildman–Crippen LogP) is 2.74. The molecule has 1 saturated carbocycles. The van der Waals surface area contributed by atoms with Crippen LogP contribution in [0, 0.1) is 0 Å². The van der Waals surface area contributed by atoms with Crippen molar-refractivity contribution in [2.75, 3.05) is 31.1 Å². The number of rotatable bonds is 5. The summed E-state index contributed by atoms with van der Waals surface area (Å²) in [5.41, 5.74) is 0.490. The molecule has 2 rings (SSSR count). The van der Waals surface area contributed by atoms with Crippen molar-refractivity contribution in [1.82, 2.24) is 10.2 Å². The number of thioether (sulfide) groups is 1. The molecule has 17 heavy (non-hydrogen) atoms. The van der Waals surface area contributed by atoms with E-state index in [0.717, 1.165) is 6.04 Å². The van der Waals surface area contributed by atoms with Gasteiger partial charge >= 0.3 is 0 Å². The second-order valence-corrected chi connectivity index (χ2v) is 7.13. The van der Waals surface area contributed by atoms with Crippen LogP contribution in [0.2, 0.25) is 0 Å². The topological polar surface area (TPSA) is 15.3 Å². The fourth-order valence-corrected chi connectivity index (χ4v) is 3.92. The molecular weight excluding hydrogens is 228 g/mol. The van der Waals surface area contributed by atoms with Crippen LogP contribution in [0.4, 0.5) is 0 Å². The average molecular weight is 256 g/mol. The van der Waals surface area contributed by atoms with Gasteiger partial charge in [0, 0.05) is 24.7 Å². The molecule has 1 saturated heterocycles. The molecule has 1 N–H and O–H groups in total. The third kappa shape index (κ3) is 3.62. The molecule has 1 spiro atoms. The van der Waals surface area contributed by atoms with Crippen LogP contribution in [0.5, 0.6) is 0 Å². The van der Waals surface area contributed by atoms with E-state index < -0.39 is 0 Å². The lowest BCUT2D eigenvalue weighted by Crippen LogP contribution is -2.62. The molecular formula is C14H28N2S. The van der Waals surface area contributed by atoms with Crippen molar-refractivity contribution in [2.45, 2.75) is 57.5 Å². The third-order valence-corrected chi connectivity index (χ3v) is 5.39. The maximum atomic E-state index is 3.83. The maximum absolute atomic E-state index is 3.83. The molecule has 0 radical (unpaired) electrons. The Morgan fingerprint density at radius 1 is 1.35 bits per heavy atom. The van der Waals surface area contributed by atoms with Gasteiger partial charge < -0.3 is 5.32 Å². The molecule has 1 heterocycles. The molecule has 1 atom stereocenters. The van der Waals surface area contributed by atoms with Gasteiger partial charge in [-0.1, -0.05) is 19.8 Å². The molecule has 0 aromatic rings. The van der Waals surface area contributed by atoms with Crippen molar-refractivity contribution >= 4 is 11.8 Å². The molecule has 0 aromatic heterocycles. The van der Waals surface area contributed by atoms with Crippen LogP contribution >= 0.6 is 11.8 Å². The Labute approximate surface area is 111 Å². The molecule has 0 aromatic carbocycles. The highest BCUT2D eigenvalue weighted by Gasteiger charge is 2.39. The Morgan fingerprint density at radius 2 is 2.12 bits per heavy atom. The average Bonchev–Trinajstić information content (AvgIpc) is 2.78. The molecule has 1 unspecified atom stereocenters. The summed E-state index contributed by atoms with van der Waals surface area (Å²) in [6.07, 6.45) is 7.03. The number of piperazine rings is 1. The van der Waals surface area contributed by atoms with Gasteiger partial charge in [-0.3, -0.25) is 4.90 Å². The van der Waals surface area contributed by atoms with E-state index in [-0.39, 0.29) is 0 Å². The number of hydrogen-bond donors (Lipinski definition) is 1. The van der Waals surface area contributed by atoms with Crippen LogP contribution in [-0.2, 0) is 0 Å². The predicted molar refractivity (Wildman–Crippen MR) is 77.9 cm³/mol. The molecule has 0 amide bonds. The summed E-state index contributed by atoms with van der Waals surface area (Å²) in [5, 5.41) is 3.83. The highest BCUT2D eigenvalue weighted by molar-refractivity contribution is 7.99. The lowest BCUT2D eigenvalue weighted by Gasteiger charge is -2.45. The summed E-state index contributed by atoms with van der Waals surface area (Å²) in [6, 6.07) is 0.729. The number of hydrogen-bond acceptors (Lipinski definition) is 3. The van der Waals surface area contributed by atoms with Crippen molar-refractivity contribution in [2.24, 2.45) is 0 Å². The monoisotopic (exact) mass is 256 g/mol. The van der Waals surface area contributed by atoms with Gasteiger partial charge in [0.05, 0.1) is 0 Å². The highest BCUT2D eigenvalue weighted by atomic mass is 32.2. The SMILES string of the molecule is CCSCCCN1CC2(CCCC2)NCC1C. The quantitative estimate of drug-likeness (QED) is 0.762. The van der Waals surface area contributed by atoms with Gasteiger partial charge in [-0.15, -0.1) is 0 Å². The fourth-order valence-electron chi connectivity index (χ4n) is 3.29. The van der Waals surface area contributed by atoms with Crippen molar-refractivity contribution in [3.8, 4) is 0 Å². The van der Waals surface area contributed by atoms with E-state index in [0.29, 0.717) is 5.54 Å². The highest BCUT2D eigenvalue weighted by Crippen LogP contribution is 2.33. The Morgan fingerprint density at radius 3 is 2.82 bits per heavy atom. The van der Waals surface area contributed by atoms with E-state index in [1.807, 2.05) is 0 Å². The standard InChI is InChI=1S/C14H28N2S/c1-3-17-10-6-9-16-12-14(7-4-5-8-14)15-11-13(16)2/h13,15H,3-12H2,1-2H3. The Kier molecular flexibility index (Phi) is 5.19. The second-order valence-electron chi connectivity index (χ2n) is 5.74. The Hall–Kier alpha value is 0.270. The first-order valence-electron chi connectivity index (χ1n) is 7.32. The first-order valence-corrected chi connectivity index (χ1v) is 8.48. The van der Waals surface area contributed by atoms with Gasteiger partial charge in [0.2, 0.25) is 0 Å². The second kappa shape index (κ2) is 6.44. The zero-order valence-corrected chi connectivity index (χ0v) is 12.3. The minimum Gasteiger partial charge on any atom is -0.308 e. The van der Waals surface area contributed by atoms with Crippen molar-refractivity contribution in [1.29, 1.82) is 0 Å². The van der Waals surface area contributed by atoms with E-state index in [1.54, 1.807) is 0 Å². The van der Waals surface area contributed by atoms with Crippen LogP contribution in [0.1, 0.15) is 46.0 Å². The first-order chi connectivity index (χ1) is 8.26. The fraction of sp³-hybridized carbons (Fsp3) is 1.00. The summed E-state index contributed by atoms with van der Waals surface area (Å²) >= 11 is 2.08. The Bertz CT molecular complexity index is 226. The van der Waals surface area contributed by atoms with E-state index in [2.05, 4.69) is 35.8 Å². The zero-order chi connectivity index (χ0) is 12.1. The van der Waals surface area contributed by atoms with Gasteiger partial charge in [0.15, 0.2) is 0 Å². The van der Waals surface area contributed by atoms with Crippen LogP contribution < -0.4 is 5.32 Å². The molecule has 2 fully saturated rings. The van der Waals surface area contributed by atoms with Gasteiger partial charge in [0.1, 0.15) is 0 Å². The van der Waals surface area contributed by atoms with Gasteiger partial charge in [-0.2, -0.15) is 11.8 Å². The zero-order valence-electron chi connectivity index (χ0n) is 11.5. The van der Waals surface area contributed by atoms with Crippen molar-refractivity contribution < 1.29 is 0 Å². The van der Waals surface area contributed by atoms with Gasteiger partial charge in [0.25, 0.3) is 0 Å². The summed E-state index contributed by atoms with van der Waals surface area (Å²) in [5.74, 6) is 2.60. The smallest absolute Gasteiger partial charge is 0.0309 e. The van der Waals surface area contributed by atoms with Crippen molar-refractivity contribution in [3.05, 3.63) is 0 Å². The van der Waals surface area contributed by atoms with E-state index >= 15 is 0 Å². The lowest BCUT2D eigenvalue weighted by atomic mass is 9.92. The molecule has 2 nitrogen and oxygen atoms in total. The molecule has 3 heteroatoms. The Balaban J connectivity index is 1.78. The van der Waals surface area contributed by atoms with Crippen LogP contribution in [0.25, 0.3) is 0 Å². The summed E-state index contributed by atoms with van der Waals surface area (Å²) in [4.78, 5) is 2.73. The minimum absolute atomic E-state index is 0.490. The largest absolute Gasteiger partial charge is 0.308 e. The normalized spacial score (nSPS) is 28.9. The summed E-state index contributed by atoms with van der Waals surface area (Å²) < 4.78 is 0. The maximum Gasteiger partial charge on any atom is 0.0309 e. The molecule has 0 bridgehead atoms. The van der Waals surface area contributed by atoms with Crippen molar-refractivity contribution in [3.63, 3.8) is 0 Å². The number of nitrogens with zero attached hydrogens (tertiary/aromatic N) is 1. The van der Waals surface area contributed by atoms with Crippen LogP contribution in [-0.4, -0.2) is 47.6 Å². The van der Waals surface area contributed by atoms with E-state index in [9.17, 15) is 0 Å². The molecule has 1 aliphatic heterocycles. The summed E-state index contributed by atoms with van der Waals surface area (Å²) in [7, 11) is 0.